The minimum atomic E-state index is -0.0750. The highest BCUT2D eigenvalue weighted by molar-refractivity contribution is 5.77. The van der Waals surface area contributed by atoms with Crippen LogP contribution in [0.5, 0.6) is 5.75 Å². The Kier molecular flexibility index (Phi) is 4.97. The number of hydrogen-bond acceptors (Lipinski definition) is 3. The van der Waals surface area contributed by atoms with Crippen molar-refractivity contribution in [3.8, 4) is 5.75 Å². The molecule has 0 radical (unpaired) electrons. The Bertz CT molecular complexity index is 391. The van der Waals surface area contributed by atoms with Crippen molar-refractivity contribution in [2.45, 2.75) is 19.9 Å². The fraction of sp³-hybridized carbons (Fsp3) is 0.462. The molecule has 0 saturated heterocycles. The van der Waals surface area contributed by atoms with Crippen LogP contribution in [0.3, 0.4) is 0 Å². The maximum Gasteiger partial charge on any atom is 0.236 e. The Balaban J connectivity index is 2.91. The van der Waals surface area contributed by atoms with Gasteiger partial charge in [-0.1, -0.05) is 19.1 Å². The molecule has 4 nitrogen and oxygen atoms in total. The van der Waals surface area contributed by atoms with Gasteiger partial charge in [-0.05, 0) is 18.1 Å². The van der Waals surface area contributed by atoms with Gasteiger partial charge in [0.15, 0.2) is 0 Å². The lowest BCUT2D eigenvalue weighted by molar-refractivity contribution is -0.128. The lowest BCUT2D eigenvalue weighted by atomic mass is 10.1. The van der Waals surface area contributed by atoms with E-state index in [1.54, 1.807) is 19.1 Å². The molecule has 2 N–H and O–H groups in total. The van der Waals surface area contributed by atoms with Crippen molar-refractivity contribution < 1.29 is 9.53 Å². The number of carbonyl (C=O) groups is 1. The zero-order valence-electron chi connectivity index (χ0n) is 10.7. The monoisotopic (exact) mass is 236 g/mol. The van der Waals surface area contributed by atoms with E-state index in [9.17, 15) is 4.79 Å². The van der Waals surface area contributed by atoms with Gasteiger partial charge in [-0.2, -0.15) is 0 Å². The van der Waals surface area contributed by atoms with Crippen molar-refractivity contribution in [3.63, 3.8) is 0 Å². The molecule has 0 atom stereocenters. The average Bonchev–Trinajstić information content (AvgIpc) is 2.37. The van der Waals surface area contributed by atoms with Gasteiger partial charge in [-0.3, -0.25) is 4.79 Å². The first-order valence-corrected chi connectivity index (χ1v) is 5.72. The minimum absolute atomic E-state index is 0.0340. The number of nitrogens with zero attached hydrogens (tertiary/aromatic N) is 1. The Morgan fingerprint density at radius 2 is 2.18 bits per heavy atom. The van der Waals surface area contributed by atoms with Crippen molar-refractivity contribution in [3.05, 3.63) is 29.3 Å². The van der Waals surface area contributed by atoms with E-state index >= 15 is 0 Å². The SMILES string of the molecule is CCc1ccc(OC)c(CN(C)C(=O)CN)c1. The van der Waals surface area contributed by atoms with Gasteiger partial charge in [0.25, 0.3) is 0 Å². The van der Waals surface area contributed by atoms with Crippen LogP contribution >= 0.6 is 0 Å². The molecule has 0 heterocycles. The topological polar surface area (TPSA) is 55.6 Å². The maximum atomic E-state index is 11.4. The Morgan fingerprint density at radius 1 is 1.47 bits per heavy atom. The van der Waals surface area contributed by atoms with Gasteiger partial charge in [0.2, 0.25) is 5.91 Å². The molecule has 1 amide bonds. The summed E-state index contributed by atoms with van der Waals surface area (Å²) in [6.45, 7) is 2.65. The summed E-state index contributed by atoms with van der Waals surface area (Å²) < 4.78 is 5.29. The highest BCUT2D eigenvalue weighted by Gasteiger charge is 2.10. The number of rotatable bonds is 5. The number of likely N-dealkylation sites (N-methyl/N-ethyl adjacent to an activating group) is 1. The smallest absolute Gasteiger partial charge is 0.236 e. The Hall–Kier alpha value is -1.55. The highest BCUT2D eigenvalue weighted by atomic mass is 16.5. The number of benzene rings is 1. The first kappa shape index (κ1) is 13.5. The first-order chi connectivity index (χ1) is 8.12. The van der Waals surface area contributed by atoms with E-state index in [0.717, 1.165) is 17.7 Å². The lowest BCUT2D eigenvalue weighted by Crippen LogP contribution is -2.32. The number of hydrogen-bond donors (Lipinski definition) is 1. The number of aryl methyl sites for hydroxylation is 1. The zero-order valence-corrected chi connectivity index (χ0v) is 10.7. The van der Waals surface area contributed by atoms with Crippen LogP contribution in [0, 0.1) is 0 Å². The van der Waals surface area contributed by atoms with Gasteiger partial charge in [-0.15, -0.1) is 0 Å². The number of methoxy groups -OCH3 is 1. The van der Waals surface area contributed by atoms with E-state index in [4.69, 9.17) is 10.5 Å². The molecule has 17 heavy (non-hydrogen) atoms. The second kappa shape index (κ2) is 6.25. The molecule has 0 aromatic heterocycles. The largest absolute Gasteiger partial charge is 0.496 e. The van der Waals surface area contributed by atoms with Crippen LogP contribution < -0.4 is 10.5 Å². The van der Waals surface area contributed by atoms with Crippen LogP contribution in [-0.4, -0.2) is 31.5 Å². The van der Waals surface area contributed by atoms with Crippen LogP contribution in [0.15, 0.2) is 18.2 Å². The average molecular weight is 236 g/mol. The summed E-state index contributed by atoms with van der Waals surface area (Å²) in [4.78, 5) is 13.0. The van der Waals surface area contributed by atoms with E-state index in [1.165, 1.54) is 5.56 Å². The number of nitrogens with two attached hydrogens (primary N) is 1. The van der Waals surface area contributed by atoms with Crippen LogP contribution in [0.2, 0.25) is 0 Å². The van der Waals surface area contributed by atoms with Crippen molar-refractivity contribution >= 4 is 5.91 Å². The molecule has 1 aromatic rings. The van der Waals surface area contributed by atoms with Crippen LogP contribution in [0.25, 0.3) is 0 Å². The third kappa shape index (κ3) is 3.46. The first-order valence-electron chi connectivity index (χ1n) is 5.72. The van der Waals surface area contributed by atoms with Crippen molar-refractivity contribution in [2.75, 3.05) is 20.7 Å². The normalized spacial score (nSPS) is 10.1. The summed E-state index contributed by atoms with van der Waals surface area (Å²) in [5.74, 6) is 0.729. The summed E-state index contributed by atoms with van der Waals surface area (Å²) in [6, 6.07) is 6.04. The molecule has 0 aliphatic heterocycles. The molecule has 0 saturated carbocycles. The summed E-state index contributed by atoms with van der Waals surface area (Å²) in [6.07, 6.45) is 0.964. The maximum absolute atomic E-state index is 11.4. The molecule has 0 aliphatic rings. The summed E-state index contributed by atoms with van der Waals surface area (Å²) >= 11 is 0. The van der Waals surface area contributed by atoms with E-state index in [0.29, 0.717) is 6.54 Å². The Morgan fingerprint density at radius 3 is 2.71 bits per heavy atom. The van der Waals surface area contributed by atoms with E-state index in [1.807, 2.05) is 12.1 Å². The second-order valence-electron chi connectivity index (χ2n) is 3.95. The molecule has 1 aromatic carbocycles. The Labute approximate surface area is 102 Å². The van der Waals surface area contributed by atoms with Gasteiger partial charge in [0, 0.05) is 19.2 Å². The van der Waals surface area contributed by atoms with Gasteiger partial charge in [0.05, 0.1) is 13.7 Å². The number of ether oxygens (including phenoxy) is 1. The van der Waals surface area contributed by atoms with Gasteiger partial charge in [-0.25, -0.2) is 0 Å². The zero-order chi connectivity index (χ0) is 12.8. The third-order valence-corrected chi connectivity index (χ3v) is 2.76. The summed E-state index contributed by atoms with van der Waals surface area (Å²) in [7, 11) is 3.38. The predicted molar refractivity (Wildman–Crippen MR) is 67.9 cm³/mol. The fourth-order valence-electron chi connectivity index (χ4n) is 1.67. The molecule has 94 valence electrons. The third-order valence-electron chi connectivity index (χ3n) is 2.76. The van der Waals surface area contributed by atoms with Crippen molar-refractivity contribution in [1.29, 1.82) is 0 Å². The van der Waals surface area contributed by atoms with Crippen molar-refractivity contribution in [1.82, 2.24) is 4.90 Å². The van der Waals surface area contributed by atoms with E-state index < -0.39 is 0 Å². The molecule has 1 rings (SSSR count). The predicted octanol–water partition coefficient (Wildman–Crippen LogP) is 1.17. The van der Waals surface area contributed by atoms with Crippen molar-refractivity contribution in [2.24, 2.45) is 5.73 Å². The van der Waals surface area contributed by atoms with Crippen LogP contribution in [0.4, 0.5) is 0 Å². The van der Waals surface area contributed by atoms with Gasteiger partial charge in [0.1, 0.15) is 5.75 Å². The fourth-order valence-corrected chi connectivity index (χ4v) is 1.67. The van der Waals surface area contributed by atoms with E-state index in [-0.39, 0.29) is 12.5 Å². The van der Waals surface area contributed by atoms with E-state index in [2.05, 4.69) is 13.0 Å². The molecule has 0 spiro atoms. The quantitative estimate of drug-likeness (QED) is 0.835. The summed E-state index contributed by atoms with van der Waals surface area (Å²) in [5.41, 5.74) is 7.57. The molecule has 0 bridgehead atoms. The molecular formula is C13H20N2O2. The molecule has 0 unspecified atom stereocenters. The number of carbonyl (C=O) groups excluding carboxylic acids is 1. The second-order valence-corrected chi connectivity index (χ2v) is 3.95. The number of amides is 1. The molecule has 0 aliphatic carbocycles. The molecule has 0 fully saturated rings. The summed E-state index contributed by atoms with van der Waals surface area (Å²) in [5, 5.41) is 0. The lowest BCUT2D eigenvalue weighted by Gasteiger charge is -2.18. The minimum Gasteiger partial charge on any atom is -0.496 e. The highest BCUT2D eigenvalue weighted by Crippen LogP contribution is 2.21. The van der Waals surface area contributed by atoms with Crippen LogP contribution in [0.1, 0.15) is 18.1 Å². The van der Waals surface area contributed by atoms with Crippen LogP contribution in [-0.2, 0) is 17.8 Å². The molecule has 4 heteroatoms. The molecular weight excluding hydrogens is 216 g/mol. The van der Waals surface area contributed by atoms with Gasteiger partial charge < -0.3 is 15.4 Å². The van der Waals surface area contributed by atoms with Gasteiger partial charge >= 0.3 is 0 Å². The standard InChI is InChI=1S/C13H20N2O2/c1-4-10-5-6-12(17-3)11(7-10)9-15(2)13(16)8-14/h5-7H,4,8-9,14H2,1-3H3.